The van der Waals surface area contributed by atoms with E-state index in [4.69, 9.17) is 9.47 Å². The molecule has 0 saturated carbocycles. The van der Waals surface area contributed by atoms with Crippen molar-refractivity contribution < 1.29 is 19.1 Å². The summed E-state index contributed by atoms with van der Waals surface area (Å²) in [5.41, 5.74) is 4.04. The van der Waals surface area contributed by atoms with Crippen LogP contribution in [0.4, 0.5) is 0 Å². The van der Waals surface area contributed by atoms with Gasteiger partial charge in [-0.25, -0.2) is 4.79 Å². The summed E-state index contributed by atoms with van der Waals surface area (Å²) in [5, 5.41) is 0. The van der Waals surface area contributed by atoms with Crippen molar-refractivity contribution in [3.8, 4) is 5.75 Å². The van der Waals surface area contributed by atoms with Crippen LogP contribution in [0.25, 0.3) is 0 Å². The molecule has 0 radical (unpaired) electrons. The summed E-state index contributed by atoms with van der Waals surface area (Å²) >= 11 is 0. The summed E-state index contributed by atoms with van der Waals surface area (Å²) < 4.78 is 10.1. The number of esters is 1. The number of rotatable bonds is 5. The maximum absolute atomic E-state index is 12.3. The normalized spacial score (nSPS) is 10.3. The van der Waals surface area contributed by atoms with Gasteiger partial charge < -0.3 is 9.47 Å². The molecule has 0 saturated heterocycles. The van der Waals surface area contributed by atoms with E-state index < -0.39 is 5.97 Å². The minimum absolute atomic E-state index is 0.201. The Morgan fingerprint density at radius 2 is 1.52 bits per heavy atom. The van der Waals surface area contributed by atoms with E-state index in [9.17, 15) is 9.59 Å². The van der Waals surface area contributed by atoms with E-state index in [0.29, 0.717) is 16.9 Å². The molecule has 4 heteroatoms. The molecule has 0 fully saturated rings. The topological polar surface area (TPSA) is 52.6 Å². The van der Waals surface area contributed by atoms with Crippen LogP contribution in [0.3, 0.4) is 0 Å². The monoisotopic (exact) mass is 312 g/mol. The van der Waals surface area contributed by atoms with Gasteiger partial charge in [0.1, 0.15) is 5.75 Å². The van der Waals surface area contributed by atoms with Crippen molar-refractivity contribution in [1.82, 2.24) is 0 Å². The van der Waals surface area contributed by atoms with E-state index in [2.05, 4.69) is 0 Å². The Balaban J connectivity index is 2.03. The van der Waals surface area contributed by atoms with Gasteiger partial charge in [0.2, 0.25) is 5.78 Å². The molecule has 0 aliphatic heterocycles. The lowest BCUT2D eigenvalue weighted by Crippen LogP contribution is -2.15. The molecule has 23 heavy (non-hydrogen) atoms. The predicted octanol–water partition coefficient (Wildman–Crippen LogP) is 3.66. The molecule has 0 aliphatic rings. The molecule has 0 unspecified atom stereocenters. The van der Waals surface area contributed by atoms with Gasteiger partial charge in [-0.2, -0.15) is 0 Å². The second-order valence-corrected chi connectivity index (χ2v) is 5.48. The van der Waals surface area contributed by atoms with Gasteiger partial charge in [-0.05, 0) is 67.8 Å². The van der Waals surface area contributed by atoms with Crippen molar-refractivity contribution in [2.24, 2.45) is 0 Å². The summed E-state index contributed by atoms with van der Waals surface area (Å²) in [6.45, 7) is 5.56. The first-order valence-electron chi connectivity index (χ1n) is 7.34. The van der Waals surface area contributed by atoms with Gasteiger partial charge in [-0.15, -0.1) is 0 Å². The first kappa shape index (κ1) is 16.7. The van der Waals surface area contributed by atoms with E-state index in [1.165, 1.54) is 0 Å². The molecule has 0 atom stereocenters. The molecule has 0 aromatic heterocycles. The molecule has 4 nitrogen and oxygen atoms in total. The number of methoxy groups -OCH3 is 1. The Labute approximate surface area is 136 Å². The fraction of sp³-hybridized carbons (Fsp3) is 0.263. The van der Waals surface area contributed by atoms with Crippen LogP contribution in [0.1, 0.15) is 37.4 Å². The van der Waals surface area contributed by atoms with Crippen LogP contribution in [-0.4, -0.2) is 25.5 Å². The minimum atomic E-state index is -0.525. The Kier molecular flexibility index (Phi) is 5.16. The molecule has 2 aromatic rings. The first-order chi connectivity index (χ1) is 10.9. The fourth-order valence-corrected chi connectivity index (χ4v) is 2.28. The number of carbonyl (C=O) groups excluding carboxylic acids is 2. The zero-order valence-corrected chi connectivity index (χ0v) is 13.8. The molecular formula is C19H20O4. The van der Waals surface area contributed by atoms with Crippen molar-refractivity contribution in [2.45, 2.75) is 20.8 Å². The van der Waals surface area contributed by atoms with E-state index in [1.807, 2.05) is 32.9 Å². The molecule has 0 heterocycles. The van der Waals surface area contributed by atoms with E-state index in [1.54, 1.807) is 31.4 Å². The smallest absolute Gasteiger partial charge is 0.338 e. The number of hydrogen-bond donors (Lipinski definition) is 0. The minimum Gasteiger partial charge on any atom is -0.497 e. The summed E-state index contributed by atoms with van der Waals surface area (Å²) in [6, 6.07) is 10.4. The summed E-state index contributed by atoms with van der Waals surface area (Å²) in [6.07, 6.45) is 0. The van der Waals surface area contributed by atoms with Crippen molar-refractivity contribution >= 4 is 11.8 Å². The van der Waals surface area contributed by atoms with Crippen molar-refractivity contribution in [3.63, 3.8) is 0 Å². The highest BCUT2D eigenvalue weighted by Gasteiger charge is 2.14. The zero-order valence-electron chi connectivity index (χ0n) is 13.8. The van der Waals surface area contributed by atoms with Crippen molar-refractivity contribution in [2.75, 3.05) is 13.7 Å². The molecule has 0 N–H and O–H groups in total. The lowest BCUT2D eigenvalue weighted by molar-refractivity contribution is 0.0474. The lowest BCUT2D eigenvalue weighted by atomic mass is 9.98. The van der Waals surface area contributed by atoms with Gasteiger partial charge in [0, 0.05) is 5.56 Å². The molecule has 0 amide bonds. The van der Waals surface area contributed by atoms with Crippen LogP contribution in [0, 0.1) is 20.8 Å². The average Bonchev–Trinajstić information content (AvgIpc) is 2.55. The third kappa shape index (κ3) is 3.97. The number of aryl methyl sites for hydroxylation is 3. The summed E-state index contributed by atoms with van der Waals surface area (Å²) in [7, 11) is 1.55. The Hall–Kier alpha value is -2.62. The van der Waals surface area contributed by atoms with Crippen molar-refractivity contribution in [1.29, 1.82) is 0 Å². The number of Topliss-reactive ketones (excluding diaryl/α,β-unsaturated/α-hetero) is 1. The van der Waals surface area contributed by atoms with Crippen LogP contribution in [0.15, 0.2) is 36.4 Å². The maximum Gasteiger partial charge on any atom is 0.338 e. The van der Waals surface area contributed by atoms with Gasteiger partial charge in [0.05, 0.1) is 12.7 Å². The molecule has 0 aliphatic carbocycles. The summed E-state index contributed by atoms with van der Waals surface area (Å²) in [4.78, 5) is 24.2. The molecule has 2 rings (SSSR count). The van der Waals surface area contributed by atoms with Crippen LogP contribution < -0.4 is 4.74 Å². The maximum atomic E-state index is 12.3. The number of carbonyl (C=O) groups is 2. The number of ketones is 1. The van der Waals surface area contributed by atoms with E-state index in [-0.39, 0.29) is 12.4 Å². The largest absolute Gasteiger partial charge is 0.497 e. The van der Waals surface area contributed by atoms with E-state index in [0.717, 1.165) is 16.7 Å². The highest BCUT2D eigenvalue weighted by atomic mass is 16.5. The number of benzene rings is 2. The number of ether oxygens (including phenoxy) is 2. The standard InChI is InChI=1S/C19H20O4/c1-12-9-14(3)17(10-13(12)2)18(20)11-23-19(21)15-5-7-16(22-4)8-6-15/h5-10H,11H2,1-4H3. The van der Waals surface area contributed by atoms with Crippen molar-refractivity contribution in [3.05, 3.63) is 64.2 Å². The zero-order chi connectivity index (χ0) is 17.0. The van der Waals surface area contributed by atoms with Gasteiger partial charge in [-0.3, -0.25) is 4.79 Å². The highest BCUT2D eigenvalue weighted by molar-refractivity contribution is 6.00. The Morgan fingerprint density at radius 3 is 2.13 bits per heavy atom. The molecule has 0 bridgehead atoms. The molecule has 2 aromatic carbocycles. The third-order valence-electron chi connectivity index (χ3n) is 3.80. The lowest BCUT2D eigenvalue weighted by Gasteiger charge is -2.10. The van der Waals surface area contributed by atoms with Crippen LogP contribution in [0.5, 0.6) is 5.75 Å². The Bertz CT molecular complexity index is 730. The highest BCUT2D eigenvalue weighted by Crippen LogP contribution is 2.17. The predicted molar refractivity (Wildman–Crippen MR) is 88.3 cm³/mol. The van der Waals surface area contributed by atoms with Gasteiger partial charge in [-0.1, -0.05) is 6.07 Å². The Morgan fingerprint density at radius 1 is 0.913 bits per heavy atom. The number of hydrogen-bond acceptors (Lipinski definition) is 4. The molecule has 120 valence electrons. The first-order valence-corrected chi connectivity index (χ1v) is 7.34. The van der Waals surface area contributed by atoms with Gasteiger partial charge >= 0.3 is 5.97 Å². The van der Waals surface area contributed by atoms with Gasteiger partial charge in [0.15, 0.2) is 6.61 Å². The third-order valence-corrected chi connectivity index (χ3v) is 3.80. The molecular weight excluding hydrogens is 292 g/mol. The van der Waals surface area contributed by atoms with Gasteiger partial charge in [0.25, 0.3) is 0 Å². The van der Waals surface area contributed by atoms with Crippen LogP contribution >= 0.6 is 0 Å². The SMILES string of the molecule is COc1ccc(C(=O)OCC(=O)c2cc(C)c(C)cc2C)cc1. The second-order valence-electron chi connectivity index (χ2n) is 5.48. The van der Waals surface area contributed by atoms with Crippen LogP contribution in [0.2, 0.25) is 0 Å². The summed E-state index contributed by atoms with van der Waals surface area (Å²) in [5.74, 6) is -0.0710. The second kappa shape index (κ2) is 7.09. The van der Waals surface area contributed by atoms with Crippen LogP contribution in [-0.2, 0) is 4.74 Å². The van der Waals surface area contributed by atoms with E-state index >= 15 is 0 Å². The fourth-order valence-electron chi connectivity index (χ4n) is 2.28. The quantitative estimate of drug-likeness (QED) is 0.624. The average molecular weight is 312 g/mol. The molecule has 0 spiro atoms.